The van der Waals surface area contributed by atoms with Gasteiger partial charge in [-0.15, -0.1) is 11.3 Å². The quantitative estimate of drug-likeness (QED) is 0.458. The third-order valence-corrected chi connectivity index (χ3v) is 4.02. The first-order chi connectivity index (χ1) is 9.97. The highest BCUT2D eigenvalue weighted by atomic mass is 32.2. The Balaban J connectivity index is 2.19. The number of anilines is 2. The van der Waals surface area contributed by atoms with Gasteiger partial charge < -0.3 is 16.8 Å². The average molecular weight is 325 g/mol. The Hall–Kier alpha value is -2.33. The molecular weight excluding hydrogens is 314 g/mol. The molecule has 2 heterocycles. The van der Waals surface area contributed by atoms with Crippen molar-refractivity contribution >= 4 is 46.4 Å². The van der Waals surface area contributed by atoms with Crippen molar-refractivity contribution in [1.29, 1.82) is 0 Å². The number of rotatable bonds is 5. The molecule has 0 radical (unpaired) electrons. The van der Waals surface area contributed by atoms with Crippen LogP contribution in [-0.4, -0.2) is 27.5 Å². The minimum absolute atomic E-state index is 0.0384. The number of nitrogen functional groups attached to an aromatic ring is 1. The molecule has 0 aliphatic heterocycles. The van der Waals surface area contributed by atoms with E-state index in [1.807, 2.05) is 0 Å². The number of primary amides is 1. The van der Waals surface area contributed by atoms with Gasteiger partial charge in [0.25, 0.3) is 11.5 Å². The number of nitrogens with zero attached hydrogens (tertiary/aromatic N) is 1. The lowest BCUT2D eigenvalue weighted by Crippen LogP contribution is -2.23. The van der Waals surface area contributed by atoms with Crippen LogP contribution in [0.15, 0.2) is 27.5 Å². The van der Waals surface area contributed by atoms with Gasteiger partial charge in [0.2, 0.25) is 5.91 Å². The number of aromatic amines is 1. The number of H-pyrrole nitrogens is 1. The molecule has 6 N–H and O–H groups in total. The van der Waals surface area contributed by atoms with Gasteiger partial charge in [-0.2, -0.15) is 0 Å². The monoisotopic (exact) mass is 325 g/mol. The number of hydrogen-bond acceptors (Lipinski definition) is 7. The van der Waals surface area contributed by atoms with Gasteiger partial charge in [0, 0.05) is 0 Å². The van der Waals surface area contributed by atoms with E-state index in [0.717, 1.165) is 11.8 Å². The Morgan fingerprint density at radius 1 is 1.48 bits per heavy atom. The fraction of sp³-hybridized carbons (Fsp3) is 0.0909. The maximum Gasteiger partial charge on any atom is 0.277 e. The van der Waals surface area contributed by atoms with Crippen molar-refractivity contribution in [2.75, 3.05) is 16.8 Å². The van der Waals surface area contributed by atoms with Crippen molar-refractivity contribution in [3.05, 3.63) is 32.7 Å². The van der Waals surface area contributed by atoms with Gasteiger partial charge in [0.1, 0.15) is 0 Å². The van der Waals surface area contributed by atoms with E-state index in [1.54, 1.807) is 17.5 Å². The Labute approximate surface area is 127 Å². The zero-order valence-electron chi connectivity index (χ0n) is 10.6. The second-order valence-electron chi connectivity index (χ2n) is 3.82. The second kappa shape index (κ2) is 6.41. The van der Waals surface area contributed by atoms with E-state index in [1.165, 1.54) is 11.3 Å². The summed E-state index contributed by atoms with van der Waals surface area (Å²) < 4.78 is 0. The lowest BCUT2D eigenvalue weighted by Gasteiger charge is -2.07. The van der Waals surface area contributed by atoms with Gasteiger partial charge in [-0.25, -0.2) is 4.98 Å². The van der Waals surface area contributed by atoms with Crippen LogP contribution in [0.3, 0.4) is 0 Å². The number of nitrogens with one attached hydrogen (secondary N) is 2. The summed E-state index contributed by atoms with van der Waals surface area (Å²) in [6.07, 6.45) is 0. The van der Waals surface area contributed by atoms with Crippen LogP contribution in [0.4, 0.5) is 11.5 Å². The Kier molecular flexibility index (Phi) is 4.60. The number of aromatic nitrogens is 2. The molecule has 0 aliphatic rings. The predicted octanol–water partition coefficient (Wildman–Crippen LogP) is 0.243. The Morgan fingerprint density at radius 2 is 2.24 bits per heavy atom. The van der Waals surface area contributed by atoms with Crippen LogP contribution >= 0.6 is 23.1 Å². The van der Waals surface area contributed by atoms with Crippen molar-refractivity contribution in [3.63, 3.8) is 0 Å². The molecule has 0 spiro atoms. The maximum atomic E-state index is 11.9. The smallest absolute Gasteiger partial charge is 0.277 e. The SMILES string of the molecule is NC(=O)CSc1nc(N)c(NC(=O)c2cccs2)c(=O)[nH]1. The number of hydrogen-bond donors (Lipinski definition) is 4. The van der Waals surface area contributed by atoms with Crippen molar-refractivity contribution in [2.45, 2.75) is 5.16 Å². The number of amides is 2. The van der Waals surface area contributed by atoms with Gasteiger partial charge in [-0.1, -0.05) is 17.8 Å². The summed E-state index contributed by atoms with van der Waals surface area (Å²) in [6.45, 7) is 0. The number of carbonyl (C=O) groups is 2. The van der Waals surface area contributed by atoms with Gasteiger partial charge in [0.05, 0.1) is 10.6 Å². The lowest BCUT2D eigenvalue weighted by molar-refractivity contribution is -0.115. The van der Waals surface area contributed by atoms with Crippen LogP contribution < -0.4 is 22.3 Å². The van der Waals surface area contributed by atoms with Gasteiger partial charge in [-0.05, 0) is 11.4 Å². The lowest BCUT2D eigenvalue weighted by atomic mass is 10.4. The van der Waals surface area contributed by atoms with Crippen LogP contribution in [-0.2, 0) is 4.79 Å². The predicted molar refractivity (Wildman–Crippen MR) is 81.5 cm³/mol. The number of carbonyl (C=O) groups excluding carboxylic acids is 2. The highest BCUT2D eigenvalue weighted by molar-refractivity contribution is 7.99. The third-order valence-electron chi connectivity index (χ3n) is 2.26. The minimum Gasteiger partial charge on any atom is -0.382 e. The standard InChI is InChI=1S/C11H11N5O3S2/c12-6(17)4-21-11-15-8(13)7(10(19)16-11)14-9(18)5-2-1-3-20-5/h1-3H,4H2,(H2,12,17)(H,14,18)(H3,13,15,16,19). The Bertz CT molecular complexity index is 726. The van der Waals surface area contributed by atoms with Gasteiger partial charge in [0.15, 0.2) is 16.7 Å². The summed E-state index contributed by atoms with van der Waals surface area (Å²) >= 11 is 2.19. The number of thioether (sulfide) groups is 1. The van der Waals surface area contributed by atoms with Crippen LogP contribution in [0.25, 0.3) is 0 Å². The summed E-state index contributed by atoms with van der Waals surface area (Å²) in [5, 5.41) is 4.31. The van der Waals surface area contributed by atoms with Crippen molar-refractivity contribution in [3.8, 4) is 0 Å². The van der Waals surface area contributed by atoms with Crippen LogP contribution in [0.2, 0.25) is 0 Å². The highest BCUT2D eigenvalue weighted by Gasteiger charge is 2.14. The Morgan fingerprint density at radius 3 is 2.81 bits per heavy atom. The van der Waals surface area contributed by atoms with E-state index in [2.05, 4.69) is 15.3 Å². The fourth-order valence-corrected chi connectivity index (χ4v) is 2.61. The zero-order chi connectivity index (χ0) is 15.4. The minimum atomic E-state index is -0.598. The highest BCUT2D eigenvalue weighted by Crippen LogP contribution is 2.17. The molecule has 0 fully saturated rings. The molecule has 0 bridgehead atoms. The second-order valence-corrected chi connectivity index (χ2v) is 5.73. The first kappa shape index (κ1) is 15.1. The molecule has 0 unspecified atom stereocenters. The van der Waals surface area contributed by atoms with Crippen LogP contribution in [0.1, 0.15) is 9.67 Å². The van der Waals surface area contributed by atoms with Crippen molar-refractivity contribution in [2.24, 2.45) is 5.73 Å². The molecule has 2 rings (SSSR count). The molecule has 2 aromatic heterocycles. The van der Waals surface area contributed by atoms with E-state index in [4.69, 9.17) is 11.5 Å². The molecule has 0 saturated carbocycles. The summed E-state index contributed by atoms with van der Waals surface area (Å²) in [6, 6.07) is 3.34. The number of nitrogens with two attached hydrogens (primary N) is 2. The molecule has 0 aromatic carbocycles. The molecule has 0 atom stereocenters. The largest absolute Gasteiger partial charge is 0.382 e. The molecule has 2 amide bonds. The summed E-state index contributed by atoms with van der Waals surface area (Å²) in [5.41, 5.74) is 9.93. The molecule has 8 nitrogen and oxygen atoms in total. The first-order valence-electron chi connectivity index (χ1n) is 5.63. The molecule has 21 heavy (non-hydrogen) atoms. The molecule has 0 aliphatic carbocycles. The normalized spacial score (nSPS) is 10.3. The molecule has 110 valence electrons. The molecule has 0 saturated heterocycles. The first-order valence-corrected chi connectivity index (χ1v) is 7.49. The molecular formula is C11H11N5O3S2. The van der Waals surface area contributed by atoms with E-state index >= 15 is 0 Å². The van der Waals surface area contributed by atoms with E-state index in [9.17, 15) is 14.4 Å². The van der Waals surface area contributed by atoms with Crippen molar-refractivity contribution < 1.29 is 9.59 Å². The van der Waals surface area contributed by atoms with Crippen molar-refractivity contribution in [1.82, 2.24) is 9.97 Å². The summed E-state index contributed by atoms with van der Waals surface area (Å²) in [4.78, 5) is 41.2. The topological polar surface area (TPSA) is 144 Å². The van der Waals surface area contributed by atoms with Gasteiger partial charge >= 0.3 is 0 Å². The maximum absolute atomic E-state index is 11.9. The summed E-state index contributed by atoms with van der Waals surface area (Å²) in [7, 11) is 0. The van der Waals surface area contributed by atoms with Crippen LogP contribution in [0, 0.1) is 0 Å². The third kappa shape index (κ3) is 3.83. The number of thiophene rings is 1. The fourth-order valence-electron chi connectivity index (χ4n) is 1.38. The summed E-state index contributed by atoms with van der Waals surface area (Å²) in [5.74, 6) is -1.16. The molecule has 10 heteroatoms. The molecule has 2 aromatic rings. The van der Waals surface area contributed by atoms with E-state index in [0.29, 0.717) is 4.88 Å². The van der Waals surface area contributed by atoms with Crippen LogP contribution in [0.5, 0.6) is 0 Å². The van der Waals surface area contributed by atoms with E-state index in [-0.39, 0.29) is 22.4 Å². The average Bonchev–Trinajstić information content (AvgIpc) is 2.94. The van der Waals surface area contributed by atoms with E-state index < -0.39 is 17.4 Å². The van der Waals surface area contributed by atoms with Gasteiger partial charge in [-0.3, -0.25) is 19.4 Å². The zero-order valence-corrected chi connectivity index (χ0v) is 12.2.